The molecule has 1 aliphatic carbocycles. The van der Waals surface area contributed by atoms with Crippen molar-refractivity contribution >= 4 is 35.2 Å². The topological polar surface area (TPSA) is 141 Å². The number of aromatic nitrogens is 1. The van der Waals surface area contributed by atoms with Gasteiger partial charge in [0.05, 0.1) is 18.4 Å². The fourth-order valence-electron chi connectivity index (χ4n) is 3.92. The van der Waals surface area contributed by atoms with Gasteiger partial charge >= 0.3 is 12.0 Å². The van der Waals surface area contributed by atoms with E-state index in [0.29, 0.717) is 29.4 Å². The number of carboxylic acid groups (broad SMARTS) is 1. The van der Waals surface area contributed by atoms with E-state index < -0.39 is 17.9 Å². The van der Waals surface area contributed by atoms with Crippen LogP contribution in [0.5, 0.6) is 0 Å². The molecule has 1 aliphatic heterocycles. The molecular weight excluding hydrogens is 438 g/mol. The van der Waals surface area contributed by atoms with E-state index in [-0.39, 0.29) is 37.2 Å². The molecule has 178 valence electrons. The summed E-state index contributed by atoms with van der Waals surface area (Å²) < 4.78 is 0. The summed E-state index contributed by atoms with van der Waals surface area (Å²) in [6, 6.07) is 9.23. The number of amides is 4. The first-order valence-electron chi connectivity index (χ1n) is 11.3. The first kappa shape index (κ1) is 23.2. The Morgan fingerprint density at radius 1 is 1.18 bits per heavy atom. The number of hydrogen-bond acceptors (Lipinski definition) is 5. The molecular formula is C24H27N5O5. The molecule has 1 aromatic heterocycles. The average Bonchev–Trinajstić information content (AvgIpc) is 3.57. The smallest absolute Gasteiger partial charge is 0.319 e. The molecule has 2 aliphatic rings. The van der Waals surface area contributed by atoms with Gasteiger partial charge in [-0.2, -0.15) is 0 Å². The SMILES string of the molecule is O=C(O)CC(NC(=O)C1CC(=O)N(c2cccc(NC(=O)NCC3CC3)c2)C1)c1cccnc1. The number of carbonyl (C=O) groups is 4. The predicted molar refractivity (Wildman–Crippen MR) is 124 cm³/mol. The Morgan fingerprint density at radius 3 is 2.71 bits per heavy atom. The van der Waals surface area contributed by atoms with Crippen LogP contribution in [0.3, 0.4) is 0 Å². The largest absolute Gasteiger partial charge is 0.481 e. The van der Waals surface area contributed by atoms with Crippen LogP contribution in [0, 0.1) is 11.8 Å². The normalized spacial score (nSPS) is 18.3. The molecule has 4 amide bonds. The van der Waals surface area contributed by atoms with E-state index >= 15 is 0 Å². The number of hydrogen-bond donors (Lipinski definition) is 4. The van der Waals surface area contributed by atoms with Crippen molar-refractivity contribution in [2.75, 3.05) is 23.3 Å². The Hall–Kier alpha value is -3.95. The van der Waals surface area contributed by atoms with Crippen molar-refractivity contribution in [3.63, 3.8) is 0 Å². The van der Waals surface area contributed by atoms with Crippen LogP contribution in [0.4, 0.5) is 16.2 Å². The lowest BCUT2D eigenvalue weighted by atomic mass is 10.0. The molecule has 4 rings (SSSR count). The van der Waals surface area contributed by atoms with Crippen LogP contribution in [0.2, 0.25) is 0 Å². The second-order valence-corrected chi connectivity index (χ2v) is 8.68. The monoisotopic (exact) mass is 465 g/mol. The third-order valence-corrected chi connectivity index (χ3v) is 5.94. The van der Waals surface area contributed by atoms with Gasteiger partial charge in [0.1, 0.15) is 0 Å². The van der Waals surface area contributed by atoms with E-state index in [9.17, 15) is 24.3 Å². The highest BCUT2D eigenvalue weighted by molar-refractivity contribution is 6.01. The lowest BCUT2D eigenvalue weighted by Gasteiger charge is -2.20. The maximum absolute atomic E-state index is 12.9. The van der Waals surface area contributed by atoms with Crippen LogP contribution < -0.4 is 20.9 Å². The minimum atomic E-state index is -1.05. The van der Waals surface area contributed by atoms with Gasteiger partial charge in [0.15, 0.2) is 0 Å². The molecule has 2 atom stereocenters. The standard InChI is InChI=1S/C24H27N5O5/c30-21-9-17(23(33)28-20(11-22(31)32)16-3-2-8-25-13-16)14-29(21)19-5-1-4-18(10-19)27-24(34)26-12-15-6-7-15/h1-5,8,10,13,15,17,20H,6-7,9,11-12,14H2,(H,28,33)(H,31,32)(H2,26,27,34). The van der Waals surface area contributed by atoms with Gasteiger partial charge in [-0.25, -0.2) is 4.79 Å². The Kier molecular flexibility index (Phi) is 7.05. The van der Waals surface area contributed by atoms with Crippen LogP contribution in [-0.2, 0) is 14.4 Å². The van der Waals surface area contributed by atoms with E-state index in [1.807, 2.05) is 0 Å². The van der Waals surface area contributed by atoms with Gasteiger partial charge < -0.3 is 26.0 Å². The van der Waals surface area contributed by atoms with Gasteiger partial charge in [0.2, 0.25) is 11.8 Å². The van der Waals surface area contributed by atoms with Crippen molar-refractivity contribution in [2.24, 2.45) is 11.8 Å². The highest BCUT2D eigenvalue weighted by Crippen LogP contribution is 2.29. The maximum atomic E-state index is 12.9. The lowest BCUT2D eigenvalue weighted by Crippen LogP contribution is -2.36. The summed E-state index contributed by atoms with van der Waals surface area (Å²) in [7, 11) is 0. The minimum Gasteiger partial charge on any atom is -0.481 e. The van der Waals surface area contributed by atoms with Crippen molar-refractivity contribution < 1.29 is 24.3 Å². The molecule has 10 nitrogen and oxygen atoms in total. The molecule has 0 radical (unpaired) electrons. The zero-order valence-corrected chi connectivity index (χ0v) is 18.6. The van der Waals surface area contributed by atoms with Crippen molar-refractivity contribution in [1.82, 2.24) is 15.6 Å². The highest BCUT2D eigenvalue weighted by Gasteiger charge is 2.36. The van der Waals surface area contributed by atoms with Gasteiger partial charge in [-0.05, 0) is 48.6 Å². The molecule has 10 heteroatoms. The zero-order valence-electron chi connectivity index (χ0n) is 18.6. The predicted octanol–water partition coefficient (Wildman–Crippen LogP) is 2.30. The zero-order chi connectivity index (χ0) is 24.1. The fraction of sp³-hybridized carbons (Fsp3) is 0.375. The van der Waals surface area contributed by atoms with E-state index in [1.165, 1.54) is 11.1 Å². The lowest BCUT2D eigenvalue weighted by molar-refractivity contribution is -0.138. The first-order valence-corrected chi connectivity index (χ1v) is 11.3. The number of benzene rings is 1. The van der Waals surface area contributed by atoms with Gasteiger partial charge in [-0.3, -0.25) is 19.4 Å². The number of anilines is 2. The van der Waals surface area contributed by atoms with E-state index in [2.05, 4.69) is 20.9 Å². The summed E-state index contributed by atoms with van der Waals surface area (Å²) in [5.41, 5.74) is 1.71. The van der Waals surface area contributed by atoms with E-state index in [4.69, 9.17) is 0 Å². The highest BCUT2D eigenvalue weighted by atomic mass is 16.4. The van der Waals surface area contributed by atoms with Gasteiger partial charge in [0.25, 0.3) is 0 Å². The number of aliphatic carboxylic acids is 1. The van der Waals surface area contributed by atoms with Crippen molar-refractivity contribution in [2.45, 2.75) is 31.7 Å². The quantitative estimate of drug-likeness (QED) is 0.448. The van der Waals surface area contributed by atoms with Crippen LogP contribution in [0.1, 0.15) is 37.3 Å². The maximum Gasteiger partial charge on any atom is 0.319 e. The third-order valence-electron chi connectivity index (χ3n) is 5.94. The van der Waals surface area contributed by atoms with Crippen molar-refractivity contribution in [1.29, 1.82) is 0 Å². The van der Waals surface area contributed by atoms with E-state index in [0.717, 1.165) is 12.8 Å². The summed E-state index contributed by atoms with van der Waals surface area (Å²) in [6.45, 7) is 0.809. The number of rotatable bonds is 9. The van der Waals surface area contributed by atoms with Gasteiger partial charge in [-0.15, -0.1) is 0 Å². The molecule has 2 fully saturated rings. The van der Waals surface area contributed by atoms with Crippen LogP contribution >= 0.6 is 0 Å². The Morgan fingerprint density at radius 2 is 2.00 bits per heavy atom. The first-order chi connectivity index (χ1) is 16.4. The Labute approximate surface area is 196 Å². The molecule has 0 spiro atoms. The average molecular weight is 466 g/mol. The summed E-state index contributed by atoms with van der Waals surface area (Å²) in [5, 5.41) is 17.6. The Bertz CT molecular complexity index is 1070. The minimum absolute atomic E-state index is 0.0121. The van der Waals surface area contributed by atoms with Crippen molar-refractivity contribution in [3.8, 4) is 0 Å². The number of pyridine rings is 1. The van der Waals surface area contributed by atoms with Gasteiger partial charge in [0, 0.05) is 43.3 Å². The van der Waals surface area contributed by atoms with Crippen molar-refractivity contribution in [3.05, 3.63) is 54.4 Å². The number of nitrogens with zero attached hydrogens (tertiary/aromatic N) is 2. The molecule has 4 N–H and O–H groups in total. The molecule has 34 heavy (non-hydrogen) atoms. The summed E-state index contributed by atoms with van der Waals surface area (Å²) in [4.78, 5) is 54.5. The summed E-state index contributed by atoms with van der Waals surface area (Å²) >= 11 is 0. The molecule has 1 saturated carbocycles. The molecule has 1 saturated heterocycles. The number of carbonyl (C=O) groups excluding carboxylic acids is 3. The number of urea groups is 1. The Balaban J connectivity index is 1.38. The second kappa shape index (κ2) is 10.3. The summed E-state index contributed by atoms with van der Waals surface area (Å²) in [5.74, 6) is -1.72. The van der Waals surface area contributed by atoms with E-state index in [1.54, 1.807) is 42.6 Å². The van der Waals surface area contributed by atoms with Crippen LogP contribution in [-0.4, -0.2) is 47.0 Å². The molecule has 0 bridgehead atoms. The molecule has 2 heterocycles. The van der Waals surface area contributed by atoms with Crippen LogP contribution in [0.25, 0.3) is 0 Å². The second-order valence-electron chi connectivity index (χ2n) is 8.68. The third kappa shape index (κ3) is 6.09. The summed E-state index contributed by atoms with van der Waals surface area (Å²) in [6.07, 6.45) is 5.08. The fourth-order valence-corrected chi connectivity index (χ4v) is 3.92. The number of nitrogens with one attached hydrogen (secondary N) is 3. The molecule has 2 unspecified atom stereocenters. The molecule has 2 aromatic rings. The number of carboxylic acids is 1. The molecule has 1 aromatic carbocycles. The van der Waals surface area contributed by atoms with Gasteiger partial charge in [-0.1, -0.05) is 12.1 Å². The van der Waals surface area contributed by atoms with Crippen LogP contribution in [0.15, 0.2) is 48.8 Å².